The summed E-state index contributed by atoms with van der Waals surface area (Å²) in [7, 11) is 0. The average molecular weight is 589 g/mol. The van der Waals surface area contributed by atoms with E-state index in [1.807, 2.05) is 19.9 Å². The SMILES string of the molecule is CC1(C)CCC2(CC(=O)NCC(F)(F)F)CCC3(C)C(C(=O)CC4C5(C)C=C(C#N)C(=O)C(C)(C)C5CCC43C)C2C1. The third-order valence-corrected chi connectivity index (χ3v) is 13.6. The van der Waals surface area contributed by atoms with E-state index in [1.165, 1.54) is 0 Å². The van der Waals surface area contributed by atoms with Crippen LogP contribution in [0.25, 0.3) is 0 Å². The maximum atomic E-state index is 14.6. The number of allylic oxidation sites excluding steroid dienone is 2. The van der Waals surface area contributed by atoms with E-state index in [0.29, 0.717) is 12.8 Å². The molecule has 5 rings (SSSR count). The van der Waals surface area contributed by atoms with Gasteiger partial charge in [0, 0.05) is 24.2 Å². The van der Waals surface area contributed by atoms with Gasteiger partial charge in [-0.1, -0.05) is 54.5 Å². The number of Topliss-reactive ketones (excluding diaryl/α,β-unsaturated/α-hetero) is 2. The van der Waals surface area contributed by atoms with Crippen LogP contribution in [0.1, 0.15) is 106 Å². The second-order valence-electron chi connectivity index (χ2n) is 16.6. The van der Waals surface area contributed by atoms with Crippen molar-refractivity contribution >= 4 is 17.5 Å². The molecule has 0 spiro atoms. The lowest BCUT2D eigenvalue weighted by atomic mass is 9.31. The zero-order valence-corrected chi connectivity index (χ0v) is 26.3. The molecule has 0 saturated heterocycles. The van der Waals surface area contributed by atoms with Crippen molar-refractivity contribution in [1.29, 1.82) is 5.26 Å². The summed E-state index contributed by atoms with van der Waals surface area (Å²) in [6.45, 7) is 13.7. The highest BCUT2D eigenvalue weighted by atomic mass is 19.4. The lowest BCUT2D eigenvalue weighted by Crippen LogP contribution is -2.68. The van der Waals surface area contributed by atoms with Gasteiger partial charge >= 0.3 is 6.18 Å². The number of carbonyl (C=O) groups is 3. The number of ketones is 2. The van der Waals surface area contributed by atoms with Crippen molar-refractivity contribution in [1.82, 2.24) is 5.32 Å². The fourth-order valence-corrected chi connectivity index (χ4v) is 11.3. The normalized spacial score (nSPS) is 44.0. The number of nitrogens with one attached hydrogen (secondary N) is 1. The van der Waals surface area contributed by atoms with E-state index in [4.69, 9.17) is 0 Å². The summed E-state index contributed by atoms with van der Waals surface area (Å²) < 4.78 is 38.7. The summed E-state index contributed by atoms with van der Waals surface area (Å²) in [5.41, 5.74) is -2.12. The first kappa shape index (κ1) is 31.3. The Morgan fingerprint density at radius 3 is 2.24 bits per heavy atom. The molecule has 0 heterocycles. The molecule has 0 aromatic carbocycles. The highest BCUT2D eigenvalue weighted by Crippen LogP contribution is 2.76. The van der Waals surface area contributed by atoms with E-state index < -0.39 is 34.9 Å². The van der Waals surface area contributed by atoms with Crippen LogP contribution in [0.2, 0.25) is 0 Å². The van der Waals surface area contributed by atoms with Crippen LogP contribution < -0.4 is 5.32 Å². The van der Waals surface area contributed by atoms with Gasteiger partial charge in [-0.15, -0.1) is 0 Å². The van der Waals surface area contributed by atoms with Crippen molar-refractivity contribution in [3.8, 4) is 6.07 Å². The summed E-state index contributed by atoms with van der Waals surface area (Å²) in [4.78, 5) is 40.8. The molecule has 42 heavy (non-hydrogen) atoms. The summed E-state index contributed by atoms with van der Waals surface area (Å²) in [6, 6.07) is 2.16. The number of fused-ring (bicyclic) bond motifs is 7. The summed E-state index contributed by atoms with van der Waals surface area (Å²) in [5, 5.41) is 12.0. The quantitative estimate of drug-likeness (QED) is 0.373. The molecular weight excluding hydrogens is 541 g/mol. The number of hydrogen-bond donors (Lipinski definition) is 1. The van der Waals surface area contributed by atoms with Crippen molar-refractivity contribution in [2.45, 2.75) is 112 Å². The summed E-state index contributed by atoms with van der Waals surface area (Å²) >= 11 is 0. The maximum Gasteiger partial charge on any atom is 0.405 e. The molecule has 0 aromatic rings. The van der Waals surface area contributed by atoms with Crippen LogP contribution in [-0.4, -0.2) is 30.2 Å². The van der Waals surface area contributed by atoms with Crippen LogP contribution in [0.3, 0.4) is 0 Å². The molecule has 4 saturated carbocycles. The van der Waals surface area contributed by atoms with Crippen LogP contribution in [-0.2, 0) is 14.4 Å². The summed E-state index contributed by atoms with van der Waals surface area (Å²) in [6.07, 6.45) is 3.32. The molecular formula is C34H47F3N2O3. The van der Waals surface area contributed by atoms with Gasteiger partial charge in [-0.3, -0.25) is 14.4 Å². The highest BCUT2D eigenvalue weighted by molar-refractivity contribution is 6.04. The predicted molar refractivity (Wildman–Crippen MR) is 153 cm³/mol. The molecule has 5 aliphatic carbocycles. The third kappa shape index (κ3) is 4.41. The van der Waals surface area contributed by atoms with E-state index >= 15 is 0 Å². The average Bonchev–Trinajstić information content (AvgIpc) is 2.87. The number of halogens is 3. The van der Waals surface area contributed by atoms with Gasteiger partial charge < -0.3 is 5.32 Å². The number of nitriles is 1. The minimum Gasteiger partial charge on any atom is -0.347 e. The van der Waals surface area contributed by atoms with Crippen LogP contribution in [0, 0.1) is 67.5 Å². The van der Waals surface area contributed by atoms with Crippen LogP contribution >= 0.6 is 0 Å². The van der Waals surface area contributed by atoms with E-state index in [0.717, 1.165) is 38.5 Å². The number of hydrogen-bond acceptors (Lipinski definition) is 4. The van der Waals surface area contributed by atoms with Crippen molar-refractivity contribution < 1.29 is 27.6 Å². The smallest absolute Gasteiger partial charge is 0.347 e. The Labute approximate surface area is 248 Å². The highest BCUT2D eigenvalue weighted by Gasteiger charge is 2.72. The van der Waals surface area contributed by atoms with Crippen molar-refractivity contribution in [3.05, 3.63) is 11.6 Å². The largest absolute Gasteiger partial charge is 0.405 e. The van der Waals surface area contributed by atoms with Crippen LogP contribution in [0.15, 0.2) is 11.6 Å². The molecule has 5 aliphatic rings. The van der Waals surface area contributed by atoms with Gasteiger partial charge in [0.1, 0.15) is 18.4 Å². The van der Waals surface area contributed by atoms with Crippen molar-refractivity contribution in [3.63, 3.8) is 0 Å². The molecule has 8 heteroatoms. The van der Waals surface area contributed by atoms with E-state index in [1.54, 1.807) is 0 Å². The van der Waals surface area contributed by atoms with Crippen molar-refractivity contribution in [2.75, 3.05) is 6.54 Å². The zero-order chi connectivity index (χ0) is 31.3. The Morgan fingerprint density at radius 2 is 1.62 bits per heavy atom. The van der Waals surface area contributed by atoms with E-state index in [9.17, 15) is 32.8 Å². The topological polar surface area (TPSA) is 87.0 Å². The second kappa shape index (κ2) is 9.41. The molecule has 4 fully saturated rings. The number of rotatable bonds is 3. The summed E-state index contributed by atoms with van der Waals surface area (Å²) in [5.74, 6) is -0.878. The van der Waals surface area contributed by atoms with Gasteiger partial charge in [-0.05, 0) is 89.8 Å². The lowest BCUT2D eigenvalue weighted by Gasteiger charge is -2.72. The molecule has 0 aromatic heterocycles. The molecule has 0 aliphatic heterocycles. The molecule has 8 unspecified atom stereocenters. The number of nitrogens with zero attached hydrogens (tertiary/aromatic N) is 1. The Bertz CT molecular complexity index is 1280. The molecule has 232 valence electrons. The Hall–Kier alpha value is -2.17. The second-order valence-corrected chi connectivity index (χ2v) is 16.6. The zero-order valence-electron chi connectivity index (χ0n) is 26.3. The Kier molecular flexibility index (Phi) is 7.01. The molecule has 5 nitrogen and oxygen atoms in total. The first-order chi connectivity index (χ1) is 19.2. The van der Waals surface area contributed by atoms with Gasteiger partial charge in [0.05, 0.1) is 5.57 Å². The molecule has 1 N–H and O–H groups in total. The number of amides is 1. The first-order valence-electron chi connectivity index (χ1n) is 15.7. The Morgan fingerprint density at radius 1 is 0.976 bits per heavy atom. The number of carbonyl (C=O) groups excluding carboxylic acids is 3. The van der Waals surface area contributed by atoms with E-state index in [-0.39, 0.29) is 63.5 Å². The predicted octanol–water partition coefficient (Wildman–Crippen LogP) is 7.35. The number of alkyl halides is 3. The van der Waals surface area contributed by atoms with Gasteiger partial charge in [0.15, 0.2) is 5.78 Å². The van der Waals surface area contributed by atoms with Gasteiger partial charge in [-0.25, -0.2) is 0 Å². The fraction of sp³-hybridized carbons (Fsp3) is 0.824. The maximum absolute atomic E-state index is 14.6. The van der Waals surface area contributed by atoms with Gasteiger partial charge in [0.25, 0.3) is 0 Å². The van der Waals surface area contributed by atoms with Crippen LogP contribution in [0.5, 0.6) is 0 Å². The first-order valence-corrected chi connectivity index (χ1v) is 15.7. The molecule has 0 radical (unpaired) electrons. The molecule has 8 atom stereocenters. The molecule has 0 bridgehead atoms. The fourth-order valence-electron chi connectivity index (χ4n) is 11.3. The minimum absolute atomic E-state index is 0.0220. The molecule has 1 amide bonds. The van der Waals surface area contributed by atoms with Crippen LogP contribution in [0.4, 0.5) is 13.2 Å². The van der Waals surface area contributed by atoms with E-state index in [2.05, 4.69) is 46.0 Å². The standard InChI is InChI=1S/C34H47F3N2O3/c1-28(2)10-12-33(17-25(41)39-19-34(35,36)37)13-11-32(7)26(21(33)16-28)22(40)14-24-30(5)15-20(18-38)27(42)29(3,4)23(30)8-9-31(24,32)6/h15,21,23-24,26H,8-14,16-17,19H2,1-7H3,(H,39,41). The van der Waals surface area contributed by atoms with Gasteiger partial charge in [-0.2, -0.15) is 18.4 Å². The minimum atomic E-state index is -4.47. The Balaban J connectivity index is 1.55. The van der Waals surface area contributed by atoms with Gasteiger partial charge in [0.2, 0.25) is 5.91 Å². The monoisotopic (exact) mass is 588 g/mol. The lowest BCUT2D eigenvalue weighted by molar-refractivity contribution is -0.223. The third-order valence-electron chi connectivity index (χ3n) is 13.6. The van der Waals surface area contributed by atoms with Crippen molar-refractivity contribution in [2.24, 2.45) is 56.2 Å².